The molecule has 3 nitrogen and oxygen atoms in total. The quantitative estimate of drug-likeness (QED) is 0.776. The molecule has 0 bridgehead atoms. The number of hydrogen-bond acceptors (Lipinski definition) is 4. The van der Waals surface area contributed by atoms with Crippen LogP contribution in [0.4, 0.5) is 0 Å². The summed E-state index contributed by atoms with van der Waals surface area (Å²) in [6, 6.07) is 12.1. The van der Waals surface area contributed by atoms with Gasteiger partial charge in [0.05, 0.1) is 7.11 Å². The second-order valence-electron chi connectivity index (χ2n) is 5.88. The van der Waals surface area contributed by atoms with Gasteiger partial charge in [-0.05, 0) is 55.0 Å². The summed E-state index contributed by atoms with van der Waals surface area (Å²) >= 11 is 1.59. The minimum Gasteiger partial charge on any atom is -0.496 e. The number of carbonyl (C=O) groups is 1. The van der Waals surface area contributed by atoms with Gasteiger partial charge >= 0.3 is 5.97 Å². The van der Waals surface area contributed by atoms with Crippen LogP contribution in [0.25, 0.3) is 0 Å². The van der Waals surface area contributed by atoms with Crippen molar-refractivity contribution in [3.63, 3.8) is 0 Å². The van der Waals surface area contributed by atoms with E-state index in [2.05, 4.69) is 0 Å². The highest BCUT2D eigenvalue weighted by Gasteiger charge is 2.38. The molecule has 0 saturated heterocycles. The van der Waals surface area contributed by atoms with Crippen molar-refractivity contribution in [3.05, 3.63) is 58.7 Å². The zero-order valence-electron chi connectivity index (χ0n) is 13.0. The monoisotopic (exact) mass is 326 g/mol. The lowest BCUT2D eigenvalue weighted by Gasteiger charge is -2.22. The van der Waals surface area contributed by atoms with Crippen LogP contribution in [-0.4, -0.2) is 13.1 Å². The fraction of sp³-hybridized carbons (Fsp3) is 0.316. The maximum absolute atomic E-state index is 12.4. The molecule has 0 amide bonds. The number of fused-ring (bicyclic) bond motifs is 3. The summed E-state index contributed by atoms with van der Waals surface area (Å²) in [7, 11) is 1.62. The molecule has 0 aromatic heterocycles. The molecule has 118 valence electrons. The molecule has 1 atom stereocenters. The van der Waals surface area contributed by atoms with Crippen molar-refractivity contribution in [3.8, 4) is 5.75 Å². The van der Waals surface area contributed by atoms with Crippen LogP contribution in [0.1, 0.15) is 45.3 Å². The SMILES string of the molecule is COc1cc2c(c3c1C(=O)OC3Sc1ccccc1)CCCC2. The van der Waals surface area contributed by atoms with Crippen molar-refractivity contribution in [2.45, 2.75) is 36.0 Å². The van der Waals surface area contributed by atoms with Gasteiger partial charge in [-0.15, -0.1) is 0 Å². The van der Waals surface area contributed by atoms with Crippen molar-refractivity contribution in [2.24, 2.45) is 0 Å². The molecule has 23 heavy (non-hydrogen) atoms. The molecule has 2 aromatic rings. The Morgan fingerprint density at radius 1 is 1.17 bits per heavy atom. The number of methoxy groups -OCH3 is 1. The third-order valence-corrected chi connectivity index (χ3v) is 5.61. The summed E-state index contributed by atoms with van der Waals surface area (Å²) in [4.78, 5) is 13.5. The molecular formula is C19H18O3S. The van der Waals surface area contributed by atoms with E-state index in [0.29, 0.717) is 11.3 Å². The Kier molecular flexibility index (Phi) is 3.77. The summed E-state index contributed by atoms with van der Waals surface area (Å²) in [5.41, 5.74) is 4.00. The first kappa shape index (κ1) is 14.6. The Morgan fingerprint density at radius 3 is 2.74 bits per heavy atom. The molecule has 0 fully saturated rings. The summed E-state index contributed by atoms with van der Waals surface area (Å²) in [6.07, 6.45) is 4.43. The number of esters is 1. The fourth-order valence-corrected chi connectivity index (χ4v) is 4.54. The van der Waals surface area contributed by atoms with Crippen LogP contribution in [0.2, 0.25) is 0 Å². The summed E-state index contributed by atoms with van der Waals surface area (Å²) in [5, 5.41) is 0. The van der Waals surface area contributed by atoms with Gasteiger partial charge in [-0.1, -0.05) is 30.0 Å². The first-order chi connectivity index (χ1) is 11.3. The molecule has 4 heteroatoms. The minimum absolute atomic E-state index is 0.265. The molecule has 4 rings (SSSR count). The molecule has 0 radical (unpaired) electrons. The molecule has 0 N–H and O–H groups in total. The van der Waals surface area contributed by atoms with E-state index in [0.717, 1.165) is 23.3 Å². The number of hydrogen-bond donors (Lipinski definition) is 0. The van der Waals surface area contributed by atoms with Crippen molar-refractivity contribution >= 4 is 17.7 Å². The standard InChI is InChI=1S/C19H18O3S/c1-21-15-11-12-7-5-6-10-14(12)16-17(15)18(20)22-19(16)23-13-8-3-2-4-9-13/h2-4,8-9,11,19H,5-7,10H2,1H3. The topological polar surface area (TPSA) is 35.5 Å². The van der Waals surface area contributed by atoms with Crippen LogP contribution in [0.3, 0.4) is 0 Å². The van der Waals surface area contributed by atoms with E-state index in [9.17, 15) is 4.79 Å². The third kappa shape index (κ3) is 2.51. The van der Waals surface area contributed by atoms with Crippen LogP contribution in [-0.2, 0) is 17.6 Å². The van der Waals surface area contributed by atoms with Crippen LogP contribution in [0, 0.1) is 0 Å². The van der Waals surface area contributed by atoms with Crippen LogP contribution >= 0.6 is 11.8 Å². The molecule has 2 aromatic carbocycles. The first-order valence-electron chi connectivity index (χ1n) is 7.93. The number of ether oxygens (including phenoxy) is 2. The summed E-state index contributed by atoms with van der Waals surface area (Å²) < 4.78 is 11.2. The lowest BCUT2D eigenvalue weighted by atomic mass is 9.86. The number of aryl methyl sites for hydroxylation is 1. The lowest BCUT2D eigenvalue weighted by molar-refractivity contribution is 0.0519. The van der Waals surface area contributed by atoms with Crippen LogP contribution < -0.4 is 4.74 Å². The Bertz CT molecular complexity index is 755. The molecule has 0 spiro atoms. The van der Waals surface area contributed by atoms with Gasteiger partial charge in [0.2, 0.25) is 0 Å². The second kappa shape index (κ2) is 5.93. The van der Waals surface area contributed by atoms with E-state index < -0.39 is 0 Å². The fourth-order valence-electron chi connectivity index (χ4n) is 3.46. The number of cyclic esters (lactones) is 1. The number of rotatable bonds is 3. The number of thioether (sulfide) groups is 1. The zero-order valence-corrected chi connectivity index (χ0v) is 13.8. The third-order valence-electron chi connectivity index (χ3n) is 4.52. The highest BCUT2D eigenvalue weighted by molar-refractivity contribution is 7.99. The van der Waals surface area contributed by atoms with Crippen molar-refractivity contribution < 1.29 is 14.3 Å². The Labute approximate surface area is 140 Å². The average Bonchev–Trinajstić information content (AvgIpc) is 2.92. The largest absolute Gasteiger partial charge is 0.496 e. The van der Waals surface area contributed by atoms with Gasteiger partial charge in [0.1, 0.15) is 11.3 Å². The van der Waals surface area contributed by atoms with Crippen LogP contribution in [0.15, 0.2) is 41.3 Å². The Morgan fingerprint density at radius 2 is 1.96 bits per heavy atom. The highest BCUT2D eigenvalue weighted by atomic mass is 32.2. The van der Waals surface area contributed by atoms with Crippen molar-refractivity contribution in [1.82, 2.24) is 0 Å². The molecule has 1 aliphatic heterocycles. The van der Waals surface area contributed by atoms with E-state index in [-0.39, 0.29) is 11.4 Å². The Balaban J connectivity index is 1.82. The van der Waals surface area contributed by atoms with E-state index in [1.54, 1.807) is 18.9 Å². The highest BCUT2D eigenvalue weighted by Crippen LogP contribution is 2.49. The maximum atomic E-state index is 12.4. The van der Waals surface area contributed by atoms with Gasteiger partial charge in [-0.3, -0.25) is 0 Å². The van der Waals surface area contributed by atoms with E-state index >= 15 is 0 Å². The number of carbonyl (C=O) groups excluding carboxylic acids is 1. The van der Waals surface area contributed by atoms with E-state index in [4.69, 9.17) is 9.47 Å². The lowest BCUT2D eigenvalue weighted by Crippen LogP contribution is -2.09. The van der Waals surface area contributed by atoms with Gasteiger partial charge in [-0.25, -0.2) is 4.79 Å². The Hall–Kier alpha value is -1.94. The number of benzene rings is 2. The van der Waals surface area contributed by atoms with E-state index in [1.807, 2.05) is 36.4 Å². The zero-order chi connectivity index (χ0) is 15.8. The molecule has 2 aliphatic rings. The average molecular weight is 326 g/mol. The van der Waals surface area contributed by atoms with E-state index in [1.165, 1.54) is 24.0 Å². The predicted molar refractivity (Wildman–Crippen MR) is 90.1 cm³/mol. The molecule has 1 unspecified atom stereocenters. The van der Waals surface area contributed by atoms with Crippen molar-refractivity contribution in [2.75, 3.05) is 7.11 Å². The molecule has 1 heterocycles. The van der Waals surface area contributed by atoms with Gasteiger partial charge in [0.15, 0.2) is 5.44 Å². The normalized spacial score (nSPS) is 19.0. The van der Waals surface area contributed by atoms with Crippen molar-refractivity contribution in [1.29, 1.82) is 0 Å². The second-order valence-corrected chi connectivity index (χ2v) is 7.02. The minimum atomic E-state index is -0.276. The smallest absolute Gasteiger partial charge is 0.343 e. The van der Waals surface area contributed by atoms with Gasteiger partial charge in [0.25, 0.3) is 0 Å². The molecule has 1 aliphatic carbocycles. The predicted octanol–water partition coefficient (Wildman–Crippen LogP) is 4.54. The van der Waals surface area contributed by atoms with Gasteiger partial charge in [0, 0.05) is 10.5 Å². The first-order valence-corrected chi connectivity index (χ1v) is 8.81. The van der Waals surface area contributed by atoms with Crippen LogP contribution in [0.5, 0.6) is 5.75 Å². The maximum Gasteiger partial charge on any atom is 0.343 e. The summed E-state index contributed by atoms with van der Waals surface area (Å²) in [5.74, 6) is 0.389. The van der Waals surface area contributed by atoms with Gasteiger partial charge < -0.3 is 9.47 Å². The molecular weight excluding hydrogens is 308 g/mol. The summed E-state index contributed by atoms with van der Waals surface area (Å²) in [6.45, 7) is 0. The van der Waals surface area contributed by atoms with Gasteiger partial charge in [-0.2, -0.15) is 0 Å². The molecule has 0 saturated carbocycles.